The smallest absolute Gasteiger partial charge is 0.161 e. The Balaban J connectivity index is 2.04. The summed E-state index contributed by atoms with van der Waals surface area (Å²) >= 11 is 0. The predicted octanol–water partition coefficient (Wildman–Crippen LogP) is 4.13. The number of phenolic OH excluding ortho intramolecular Hbond substituents is 1. The molecular weight excluding hydrogens is 262 g/mol. The molecule has 0 aliphatic heterocycles. The lowest BCUT2D eigenvalue weighted by atomic mass is 10.0. The maximum absolute atomic E-state index is 9.68. The Morgan fingerprint density at radius 2 is 1.62 bits per heavy atom. The molecule has 2 aromatic carbocycles. The Bertz CT molecular complexity index is 754. The standard InChI is InChI=1S/C18H15NO2/c1-21-18-12-14(7-8-17(18)20)15-9-10-19-16(11-15)13-5-3-2-4-6-13/h2-12,20H,1H3. The summed E-state index contributed by atoms with van der Waals surface area (Å²) in [5.74, 6) is 0.601. The molecule has 0 aliphatic rings. The number of hydrogen-bond donors (Lipinski definition) is 1. The van der Waals surface area contributed by atoms with E-state index in [2.05, 4.69) is 4.98 Å². The molecule has 0 atom stereocenters. The molecule has 1 aromatic heterocycles. The molecule has 0 radical (unpaired) electrons. The molecule has 3 rings (SSSR count). The Morgan fingerprint density at radius 3 is 2.38 bits per heavy atom. The number of aromatic hydroxyl groups is 1. The summed E-state index contributed by atoms with van der Waals surface area (Å²) in [6.07, 6.45) is 1.79. The van der Waals surface area contributed by atoms with Crippen LogP contribution in [0.15, 0.2) is 66.9 Å². The van der Waals surface area contributed by atoms with Crippen molar-refractivity contribution in [3.05, 3.63) is 66.9 Å². The molecule has 1 heterocycles. The number of nitrogens with zero attached hydrogens (tertiary/aromatic N) is 1. The Morgan fingerprint density at radius 1 is 0.857 bits per heavy atom. The first kappa shape index (κ1) is 13.2. The zero-order valence-corrected chi connectivity index (χ0v) is 11.7. The van der Waals surface area contributed by atoms with Gasteiger partial charge in [0.1, 0.15) is 0 Å². The average Bonchev–Trinajstić information content (AvgIpc) is 2.56. The van der Waals surface area contributed by atoms with Crippen molar-refractivity contribution in [1.82, 2.24) is 4.98 Å². The van der Waals surface area contributed by atoms with Gasteiger partial charge in [-0.25, -0.2) is 0 Å². The van der Waals surface area contributed by atoms with Gasteiger partial charge >= 0.3 is 0 Å². The van der Waals surface area contributed by atoms with E-state index in [9.17, 15) is 5.11 Å². The average molecular weight is 277 g/mol. The minimum absolute atomic E-state index is 0.138. The molecule has 0 aliphatic carbocycles. The summed E-state index contributed by atoms with van der Waals surface area (Å²) in [5, 5.41) is 9.68. The van der Waals surface area contributed by atoms with Crippen molar-refractivity contribution in [3.8, 4) is 33.9 Å². The lowest BCUT2D eigenvalue weighted by Crippen LogP contribution is -1.87. The maximum atomic E-state index is 9.68. The third kappa shape index (κ3) is 2.72. The van der Waals surface area contributed by atoms with Crippen molar-refractivity contribution in [3.63, 3.8) is 0 Å². The van der Waals surface area contributed by atoms with Crippen LogP contribution in [0.4, 0.5) is 0 Å². The number of benzene rings is 2. The van der Waals surface area contributed by atoms with E-state index in [0.717, 1.165) is 22.4 Å². The van der Waals surface area contributed by atoms with E-state index in [4.69, 9.17) is 4.74 Å². The Kier molecular flexibility index (Phi) is 3.56. The van der Waals surface area contributed by atoms with Crippen LogP contribution < -0.4 is 4.74 Å². The van der Waals surface area contributed by atoms with Gasteiger partial charge in [0.05, 0.1) is 12.8 Å². The highest BCUT2D eigenvalue weighted by Gasteiger charge is 2.06. The third-order valence-electron chi connectivity index (χ3n) is 3.34. The van der Waals surface area contributed by atoms with Crippen molar-refractivity contribution in [2.24, 2.45) is 0 Å². The maximum Gasteiger partial charge on any atom is 0.161 e. The van der Waals surface area contributed by atoms with Gasteiger partial charge in [0.15, 0.2) is 11.5 Å². The molecule has 0 fully saturated rings. The molecular formula is C18H15NO2. The monoisotopic (exact) mass is 277 g/mol. The fourth-order valence-corrected chi connectivity index (χ4v) is 2.23. The first-order chi connectivity index (χ1) is 10.3. The van der Waals surface area contributed by atoms with Gasteiger partial charge in [0.2, 0.25) is 0 Å². The van der Waals surface area contributed by atoms with E-state index in [-0.39, 0.29) is 5.75 Å². The van der Waals surface area contributed by atoms with Gasteiger partial charge in [-0.1, -0.05) is 36.4 Å². The van der Waals surface area contributed by atoms with E-state index >= 15 is 0 Å². The summed E-state index contributed by atoms with van der Waals surface area (Å²) in [6, 6.07) is 19.3. The molecule has 0 amide bonds. The summed E-state index contributed by atoms with van der Waals surface area (Å²) in [7, 11) is 1.54. The van der Waals surface area contributed by atoms with Crippen molar-refractivity contribution in [2.75, 3.05) is 7.11 Å². The normalized spacial score (nSPS) is 10.3. The van der Waals surface area contributed by atoms with Crippen LogP contribution in [0.2, 0.25) is 0 Å². The lowest BCUT2D eigenvalue weighted by molar-refractivity contribution is 0.373. The highest BCUT2D eigenvalue weighted by molar-refractivity contribution is 5.72. The Labute approximate surface area is 123 Å². The topological polar surface area (TPSA) is 42.4 Å². The van der Waals surface area contributed by atoms with Crippen molar-refractivity contribution >= 4 is 0 Å². The van der Waals surface area contributed by atoms with Crippen LogP contribution in [-0.2, 0) is 0 Å². The summed E-state index contributed by atoms with van der Waals surface area (Å²) in [6.45, 7) is 0. The number of hydrogen-bond acceptors (Lipinski definition) is 3. The van der Waals surface area contributed by atoms with Crippen LogP contribution in [0.3, 0.4) is 0 Å². The van der Waals surface area contributed by atoms with Crippen LogP contribution in [0.5, 0.6) is 11.5 Å². The third-order valence-corrected chi connectivity index (χ3v) is 3.34. The van der Waals surface area contributed by atoms with Crippen LogP contribution in [0.25, 0.3) is 22.4 Å². The van der Waals surface area contributed by atoms with E-state index < -0.39 is 0 Å². The zero-order valence-electron chi connectivity index (χ0n) is 11.7. The van der Waals surface area contributed by atoms with Crippen LogP contribution in [0.1, 0.15) is 0 Å². The number of rotatable bonds is 3. The minimum Gasteiger partial charge on any atom is -0.504 e. The molecule has 0 saturated carbocycles. The van der Waals surface area contributed by atoms with Crippen molar-refractivity contribution in [1.29, 1.82) is 0 Å². The van der Waals surface area contributed by atoms with Crippen LogP contribution in [-0.4, -0.2) is 17.2 Å². The summed E-state index contributed by atoms with van der Waals surface area (Å²) < 4.78 is 5.16. The molecule has 0 spiro atoms. The predicted molar refractivity (Wildman–Crippen MR) is 83.3 cm³/mol. The fraction of sp³-hybridized carbons (Fsp3) is 0.0556. The summed E-state index contributed by atoms with van der Waals surface area (Å²) in [5.41, 5.74) is 4.00. The molecule has 3 heteroatoms. The molecule has 21 heavy (non-hydrogen) atoms. The zero-order chi connectivity index (χ0) is 14.7. The fourth-order valence-electron chi connectivity index (χ4n) is 2.23. The first-order valence-corrected chi connectivity index (χ1v) is 6.67. The molecule has 0 bridgehead atoms. The van der Waals surface area contributed by atoms with Gasteiger partial charge < -0.3 is 9.84 Å². The molecule has 104 valence electrons. The van der Waals surface area contributed by atoms with E-state index in [1.807, 2.05) is 54.6 Å². The largest absolute Gasteiger partial charge is 0.504 e. The second-order valence-corrected chi connectivity index (χ2v) is 4.68. The molecule has 3 nitrogen and oxygen atoms in total. The highest BCUT2D eigenvalue weighted by atomic mass is 16.5. The molecule has 0 saturated heterocycles. The van der Waals surface area contributed by atoms with Gasteiger partial charge in [-0.3, -0.25) is 4.98 Å². The number of pyridine rings is 1. The van der Waals surface area contributed by atoms with Gasteiger partial charge in [0.25, 0.3) is 0 Å². The van der Waals surface area contributed by atoms with Gasteiger partial charge in [-0.05, 0) is 35.4 Å². The SMILES string of the molecule is COc1cc(-c2ccnc(-c3ccccc3)c2)ccc1O. The second-order valence-electron chi connectivity index (χ2n) is 4.68. The molecule has 1 N–H and O–H groups in total. The molecule has 0 unspecified atom stereocenters. The number of ether oxygens (including phenoxy) is 1. The second kappa shape index (κ2) is 5.67. The number of phenols is 1. The van der Waals surface area contributed by atoms with Gasteiger partial charge in [0, 0.05) is 11.8 Å². The van der Waals surface area contributed by atoms with Gasteiger partial charge in [-0.15, -0.1) is 0 Å². The highest BCUT2D eigenvalue weighted by Crippen LogP contribution is 2.32. The van der Waals surface area contributed by atoms with E-state index in [1.54, 1.807) is 19.4 Å². The molecule has 3 aromatic rings. The lowest BCUT2D eigenvalue weighted by Gasteiger charge is -2.08. The number of methoxy groups -OCH3 is 1. The van der Waals surface area contributed by atoms with Crippen LogP contribution in [0, 0.1) is 0 Å². The first-order valence-electron chi connectivity index (χ1n) is 6.67. The van der Waals surface area contributed by atoms with Crippen molar-refractivity contribution in [2.45, 2.75) is 0 Å². The minimum atomic E-state index is 0.138. The van der Waals surface area contributed by atoms with Gasteiger partial charge in [-0.2, -0.15) is 0 Å². The van der Waals surface area contributed by atoms with Crippen LogP contribution >= 0.6 is 0 Å². The Hall–Kier alpha value is -2.81. The van der Waals surface area contributed by atoms with E-state index in [0.29, 0.717) is 5.75 Å². The van der Waals surface area contributed by atoms with Crippen molar-refractivity contribution < 1.29 is 9.84 Å². The van der Waals surface area contributed by atoms with E-state index in [1.165, 1.54) is 0 Å². The quantitative estimate of drug-likeness (QED) is 0.782. The number of aromatic nitrogens is 1. The summed E-state index contributed by atoms with van der Waals surface area (Å²) in [4.78, 5) is 4.41.